The smallest absolute Gasteiger partial charge is 0.383 e. The fourth-order valence-electron chi connectivity index (χ4n) is 2.59. The number of anilines is 2. The molecule has 3 N–H and O–H groups in total. The van der Waals surface area contributed by atoms with E-state index in [-0.39, 0.29) is 48.9 Å². The maximum atomic E-state index is 12.9. The highest BCUT2D eigenvalue weighted by Gasteiger charge is 2.31. The Hall–Kier alpha value is -1.18. The van der Waals surface area contributed by atoms with Gasteiger partial charge in [0.05, 0.1) is 16.9 Å². The zero-order chi connectivity index (χ0) is 16.9. The molecule has 1 unspecified atom stereocenters. The zero-order valence-electron chi connectivity index (χ0n) is 13.9. The Balaban J connectivity index is 0.00000288. The molecular weight excluding hydrogens is 378 g/mol. The van der Waals surface area contributed by atoms with Gasteiger partial charge in [0.15, 0.2) is 0 Å². The number of carbonyl (C=O) groups excluding carboxylic acids is 1. The lowest BCUT2D eigenvalue weighted by Crippen LogP contribution is -2.27. The van der Waals surface area contributed by atoms with E-state index in [0.29, 0.717) is 12.2 Å². The van der Waals surface area contributed by atoms with Crippen LogP contribution in [0.15, 0.2) is 18.2 Å². The van der Waals surface area contributed by atoms with Gasteiger partial charge in [-0.05, 0) is 44.0 Å². The Bertz CT molecular complexity index is 550. The standard InChI is InChI=1S/C16H22F3N3O.2ClH/c1-2-7-21-13-6-5-11(16(17,18)19)9-14(13)22-15(23)10-12-4-3-8-20-12;;/h5-6,9,12,20-21H,2-4,7-8,10H2,1H3,(H,22,23);2*1H. The van der Waals surface area contributed by atoms with Crippen LogP contribution >= 0.6 is 24.8 Å². The number of nitrogens with one attached hydrogen (secondary N) is 3. The predicted molar refractivity (Wildman–Crippen MR) is 99.0 cm³/mol. The Morgan fingerprint density at radius 3 is 2.56 bits per heavy atom. The molecule has 1 amide bonds. The van der Waals surface area contributed by atoms with Crippen molar-refractivity contribution in [2.24, 2.45) is 0 Å². The predicted octanol–water partition coefficient (Wildman–Crippen LogP) is 4.45. The summed E-state index contributed by atoms with van der Waals surface area (Å²) in [5, 5.41) is 8.86. The zero-order valence-corrected chi connectivity index (χ0v) is 15.5. The molecule has 4 nitrogen and oxygen atoms in total. The van der Waals surface area contributed by atoms with Crippen molar-refractivity contribution in [2.75, 3.05) is 23.7 Å². The van der Waals surface area contributed by atoms with Gasteiger partial charge in [0.2, 0.25) is 5.91 Å². The SMILES string of the molecule is CCCNc1ccc(C(F)(F)F)cc1NC(=O)CC1CCCN1.Cl.Cl. The second-order valence-corrected chi connectivity index (χ2v) is 5.73. The fraction of sp³-hybridized carbons (Fsp3) is 0.562. The van der Waals surface area contributed by atoms with E-state index >= 15 is 0 Å². The molecule has 1 fully saturated rings. The van der Waals surface area contributed by atoms with E-state index in [9.17, 15) is 18.0 Å². The first-order valence-corrected chi connectivity index (χ1v) is 7.88. The summed E-state index contributed by atoms with van der Waals surface area (Å²) in [4.78, 5) is 12.1. The molecule has 0 spiro atoms. The van der Waals surface area contributed by atoms with Crippen molar-refractivity contribution in [1.29, 1.82) is 0 Å². The van der Waals surface area contributed by atoms with Crippen molar-refractivity contribution >= 4 is 42.1 Å². The minimum Gasteiger partial charge on any atom is -0.383 e. The molecule has 0 aromatic heterocycles. The van der Waals surface area contributed by atoms with Gasteiger partial charge in [-0.3, -0.25) is 4.79 Å². The summed E-state index contributed by atoms with van der Waals surface area (Å²) >= 11 is 0. The van der Waals surface area contributed by atoms with E-state index in [4.69, 9.17) is 0 Å². The van der Waals surface area contributed by atoms with Crippen LogP contribution in [-0.4, -0.2) is 25.0 Å². The molecular formula is C16H24Cl2F3N3O. The molecule has 0 aliphatic carbocycles. The van der Waals surface area contributed by atoms with E-state index in [2.05, 4.69) is 16.0 Å². The molecule has 1 aromatic carbocycles. The van der Waals surface area contributed by atoms with Gasteiger partial charge in [-0.1, -0.05) is 6.92 Å². The summed E-state index contributed by atoms with van der Waals surface area (Å²) in [6, 6.07) is 3.47. The van der Waals surface area contributed by atoms with Gasteiger partial charge in [-0.25, -0.2) is 0 Å². The third-order valence-electron chi connectivity index (χ3n) is 3.78. The van der Waals surface area contributed by atoms with Gasteiger partial charge in [-0.2, -0.15) is 13.2 Å². The van der Waals surface area contributed by atoms with Crippen molar-refractivity contribution < 1.29 is 18.0 Å². The van der Waals surface area contributed by atoms with Crippen LogP contribution < -0.4 is 16.0 Å². The average Bonchev–Trinajstić information content (AvgIpc) is 2.97. The molecule has 9 heteroatoms. The fourth-order valence-corrected chi connectivity index (χ4v) is 2.59. The van der Waals surface area contributed by atoms with E-state index in [1.54, 1.807) is 0 Å². The van der Waals surface area contributed by atoms with Gasteiger partial charge in [0, 0.05) is 19.0 Å². The molecule has 2 rings (SSSR count). The molecule has 1 aliphatic rings. The normalized spacial score (nSPS) is 16.6. The first-order valence-electron chi connectivity index (χ1n) is 7.88. The Labute approximate surface area is 158 Å². The molecule has 1 aromatic rings. The quantitative estimate of drug-likeness (QED) is 0.659. The lowest BCUT2D eigenvalue weighted by Gasteiger charge is -2.17. The highest BCUT2D eigenvalue weighted by atomic mass is 35.5. The number of carbonyl (C=O) groups is 1. The third-order valence-corrected chi connectivity index (χ3v) is 3.78. The van der Waals surface area contributed by atoms with Crippen molar-refractivity contribution in [2.45, 2.75) is 44.8 Å². The van der Waals surface area contributed by atoms with Crippen LogP contribution in [-0.2, 0) is 11.0 Å². The second-order valence-electron chi connectivity index (χ2n) is 5.73. The first kappa shape index (κ1) is 23.8. The summed E-state index contributed by atoms with van der Waals surface area (Å²) in [7, 11) is 0. The molecule has 0 saturated carbocycles. The summed E-state index contributed by atoms with van der Waals surface area (Å²) in [6.07, 6.45) is -1.40. The highest BCUT2D eigenvalue weighted by molar-refractivity contribution is 5.94. The summed E-state index contributed by atoms with van der Waals surface area (Å²) in [5.74, 6) is -0.275. The van der Waals surface area contributed by atoms with Gasteiger partial charge < -0.3 is 16.0 Å². The van der Waals surface area contributed by atoms with Crippen LogP contribution in [0, 0.1) is 0 Å². The maximum absolute atomic E-state index is 12.9. The summed E-state index contributed by atoms with van der Waals surface area (Å²) in [5.41, 5.74) is -0.0855. The Morgan fingerprint density at radius 2 is 2.00 bits per heavy atom. The van der Waals surface area contributed by atoms with Crippen LogP contribution in [0.3, 0.4) is 0 Å². The Kier molecular flexibility index (Phi) is 10.2. The van der Waals surface area contributed by atoms with Gasteiger partial charge in [0.25, 0.3) is 0 Å². The average molecular weight is 402 g/mol. The Morgan fingerprint density at radius 1 is 1.28 bits per heavy atom. The lowest BCUT2D eigenvalue weighted by molar-refractivity contribution is -0.137. The van der Waals surface area contributed by atoms with E-state index < -0.39 is 11.7 Å². The second kappa shape index (κ2) is 10.7. The highest BCUT2D eigenvalue weighted by Crippen LogP contribution is 2.34. The van der Waals surface area contributed by atoms with Crippen LogP contribution in [0.25, 0.3) is 0 Å². The topological polar surface area (TPSA) is 53.2 Å². The van der Waals surface area contributed by atoms with Crippen molar-refractivity contribution in [3.63, 3.8) is 0 Å². The minimum absolute atomic E-state index is 0. The van der Waals surface area contributed by atoms with Crippen molar-refractivity contribution in [3.8, 4) is 0 Å². The molecule has 25 heavy (non-hydrogen) atoms. The largest absolute Gasteiger partial charge is 0.416 e. The van der Waals surface area contributed by atoms with Crippen molar-refractivity contribution in [3.05, 3.63) is 23.8 Å². The van der Waals surface area contributed by atoms with Crippen molar-refractivity contribution in [1.82, 2.24) is 5.32 Å². The van der Waals surface area contributed by atoms with Crippen LogP contribution in [0.2, 0.25) is 0 Å². The number of hydrogen-bond acceptors (Lipinski definition) is 3. The third kappa shape index (κ3) is 7.30. The number of benzene rings is 1. The molecule has 1 heterocycles. The van der Waals surface area contributed by atoms with Crippen LogP contribution in [0.1, 0.15) is 38.2 Å². The van der Waals surface area contributed by atoms with Crippen LogP contribution in [0.4, 0.5) is 24.5 Å². The lowest BCUT2D eigenvalue weighted by atomic mass is 10.1. The first-order chi connectivity index (χ1) is 10.9. The monoisotopic (exact) mass is 401 g/mol. The number of amides is 1. The number of halogens is 5. The maximum Gasteiger partial charge on any atom is 0.416 e. The van der Waals surface area contributed by atoms with Crippen LogP contribution in [0.5, 0.6) is 0 Å². The molecule has 144 valence electrons. The van der Waals surface area contributed by atoms with Gasteiger partial charge in [0.1, 0.15) is 0 Å². The van der Waals surface area contributed by atoms with E-state index in [1.165, 1.54) is 6.07 Å². The molecule has 0 bridgehead atoms. The van der Waals surface area contributed by atoms with E-state index in [0.717, 1.165) is 37.9 Å². The molecule has 1 aliphatic heterocycles. The van der Waals surface area contributed by atoms with Gasteiger partial charge in [-0.15, -0.1) is 24.8 Å². The number of hydrogen-bond donors (Lipinski definition) is 3. The van der Waals surface area contributed by atoms with E-state index in [1.807, 2.05) is 6.92 Å². The molecule has 1 atom stereocenters. The minimum atomic E-state index is -4.43. The number of rotatable bonds is 6. The summed E-state index contributed by atoms with van der Waals surface area (Å²) < 4.78 is 38.6. The van der Waals surface area contributed by atoms with Gasteiger partial charge >= 0.3 is 6.18 Å². The summed E-state index contributed by atoms with van der Waals surface area (Å²) in [6.45, 7) is 3.46. The molecule has 0 radical (unpaired) electrons. The molecule has 1 saturated heterocycles. The number of alkyl halides is 3.